The summed E-state index contributed by atoms with van der Waals surface area (Å²) in [4.78, 5) is 19.9. The molecule has 1 atom stereocenters. The third-order valence-corrected chi connectivity index (χ3v) is 5.50. The largest absolute Gasteiger partial charge is 0.354 e. The summed E-state index contributed by atoms with van der Waals surface area (Å²) < 4.78 is 0. The van der Waals surface area contributed by atoms with Crippen molar-refractivity contribution in [3.8, 4) is 11.1 Å². The van der Waals surface area contributed by atoms with Gasteiger partial charge in [0.2, 0.25) is 5.91 Å². The smallest absolute Gasteiger partial charge is 0.241 e. The van der Waals surface area contributed by atoms with Gasteiger partial charge in [-0.2, -0.15) is 0 Å². The van der Waals surface area contributed by atoms with Gasteiger partial charge in [-0.3, -0.25) is 4.79 Å². The molecule has 4 rings (SSSR count). The van der Waals surface area contributed by atoms with Gasteiger partial charge in [-0.15, -0.1) is 0 Å². The standard InChI is InChI=1S/C20H21N5OS/c1-12(2)19(26)25(21)20-24-17(11-27-20)16-10-23-18-15(16)8-14(9-22-18)13-6-4-3-5-7-13/h3-12,20,24H,21H2,1-2H3,(H,22,23). The first kappa shape index (κ1) is 17.6. The molecule has 1 aliphatic heterocycles. The minimum absolute atomic E-state index is 0.0957. The molecule has 0 fully saturated rings. The molecular formula is C20H21N5OS. The summed E-state index contributed by atoms with van der Waals surface area (Å²) in [5.74, 6) is 5.76. The number of nitrogens with two attached hydrogens (primary N) is 1. The van der Waals surface area contributed by atoms with Crippen molar-refractivity contribution >= 4 is 34.4 Å². The average molecular weight is 379 g/mol. The maximum Gasteiger partial charge on any atom is 0.241 e. The number of H-pyrrole nitrogens is 1. The Balaban J connectivity index is 1.62. The third kappa shape index (κ3) is 3.31. The molecule has 0 spiro atoms. The van der Waals surface area contributed by atoms with Crippen molar-refractivity contribution in [2.24, 2.45) is 11.8 Å². The van der Waals surface area contributed by atoms with E-state index in [0.29, 0.717) is 0 Å². The molecule has 6 nitrogen and oxygen atoms in total. The molecule has 0 bridgehead atoms. The number of aromatic amines is 1. The van der Waals surface area contributed by atoms with Crippen LogP contribution in [-0.4, -0.2) is 26.4 Å². The second-order valence-electron chi connectivity index (χ2n) is 6.75. The second kappa shape index (κ2) is 7.09. The van der Waals surface area contributed by atoms with Crippen molar-refractivity contribution in [2.75, 3.05) is 0 Å². The van der Waals surface area contributed by atoms with Crippen LogP contribution >= 0.6 is 11.8 Å². The van der Waals surface area contributed by atoms with Gasteiger partial charge in [-0.05, 0) is 17.0 Å². The number of aromatic nitrogens is 2. The SMILES string of the molecule is CC(C)C(=O)N(N)C1NC(c2c[nH]c3ncc(-c4ccccc4)cc23)=CS1. The Morgan fingerprint density at radius 2 is 2.04 bits per heavy atom. The molecule has 3 heterocycles. The van der Waals surface area contributed by atoms with E-state index in [1.165, 1.54) is 16.8 Å². The van der Waals surface area contributed by atoms with E-state index in [0.717, 1.165) is 33.4 Å². The number of nitrogens with one attached hydrogen (secondary N) is 2. The first-order valence-corrected chi connectivity index (χ1v) is 9.71. The van der Waals surface area contributed by atoms with E-state index in [1.807, 2.05) is 49.8 Å². The number of benzene rings is 1. The number of nitrogens with zero attached hydrogens (tertiary/aromatic N) is 2. The Labute approximate surface area is 161 Å². The summed E-state index contributed by atoms with van der Waals surface area (Å²) in [6, 6.07) is 12.3. The molecule has 1 aliphatic rings. The minimum Gasteiger partial charge on any atom is -0.354 e. The number of hydrogen-bond acceptors (Lipinski definition) is 5. The highest BCUT2D eigenvalue weighted by molar-refractivity contribution is 8.03. The number of hydrogen-bond donors (Lipinski definition) is 3. The molecule has 1 amide bonds. The second-order valence-corrected chi connectivity index (χ2v) is 7.71. The molecule has 0 radical (unpaired) electrons. The lowest BCUT2D eigenvalue weighted by atomic mass is 10.1. The highest BCUT2D eigenvalue weighted by atomic mass is 32.2. The van der Waals surface area contributed by atoms with E-state index in [-0.39, 0.29) is 17.3 Å². The van der Waals surface area contributed by atoms with Crippen molar-refractivity contribution in [2.45, 2.75) is 19.3 Å². The van der Waals surface area contributed by atoms with E-state index < -0.39 is 0 Å². The van der Waals surface area contributed by atoms with Gasteiger partial charge >= 0.3 is 0 Å². The fourth-order valence-corrected chi connectivity index (χ4v) is 3.93. The molecule has 0 aliphatic carbocycles. The van der Waals surface area contributed by atoms with E-state index in [4.69, 9.17) is 5.84 Å². The first-order chi connectivity index (χ1) is 13.0. The van der Waals surface area contributed by atoms with Crippen molar-refractivity contribution in [1.82, 2.24) is 20.3 Å². The predicted molar refractivity (Wildman–Crippen MR) is 110 cm³/mol. The van der Waals surface area contributed by atoms with Gasteiger partial charge in [0.25, 0.3) is 0 Å². The van der Waals surface area contributed by atoms with Crippen LogP contribution in [0.2, 0.25) is 0 Å². The number of carbonyl (C=O) groups is 1. The zero-order valence-electron chi connectivity index (χ0n) is 15.1. The molecule has 0 saturated carbocycles. The summed E-state index contributed by atoms with van der Waals surface area (Å²) in [7, 11) is 0. The van der Waals surface area contributed by atoms with Crippen LogP contribution in [0.25, 0.3) is 27.9 Å². The Kier molecular flexibility index (Phi) is 4.63. The minimum atomic E-state index is -0.315. The summed E-state index contributed by atoms with van der Waals surface area (Å²) >= 11 is 1.48. The molecule has 2 aromatic heterocycles. The molecule has 138 valence electrons. The van der Waals surface area contributed by atoms with Gasteiger partial charge in [0.05, 0.1) is 5.70 Å². The molecule has 27 heavy (non-hydrogen) atoms. The topological polar surface area (TPSA) is 87.0 Å². The number of fused-ring (bicyclic) bond motifs is 1. The van der Waals surface area contributed by atoms with Crippen LogP contribution in [0.15, 0.2) is 54.2 Å². The third-order valence-electron chi connectivity index (χ3n) is 4.52. The van der Waals surface area contributed by atoms with E-state index in [9.17, 15) is 4.79 Å². The summed E-state index contributed by atoms with van der Waals surface area (Å²) in [6.45, 7) is 3.68. The van der Waals surface area contributed by atoms with Gasteiger partial charge in [0, 0.05) is 34.8 Å². The molecule has 3 aromatic rings. The predicted octanol–water partition coefficient (Wildman–Crippen LogP) is 3.51. The van der Waals surface area contributed by atoms with Gasteiger partial charge in [-0.25, -0.2) is 15.8 Å². The maximum atomic E-state index is 12.1. The van der Waals surface area contributed by atoms with Gasteiger partial charge in [0.15, 0.2) is 5.50 Å². The van der Waals surface area contributed by atoms with Gasteiger partial charge in [-0.1, -0.05) is 55.9 Å². The van der Waals surface area contributed by atoms with Crippen LogP contribution < -0.4 is 11.2 Å². The Morgan fingerprint density at radius 3 is 2.78 bits per heavy atom. The lowest BCUT2D eigenvalue weighted by molar-refractivity contribution is -0.135. The van der Waals surface area contributed by atoms with E-state index >= 15 is 0 Å². The quantitative estimate of drug-likeness (QED) is 0.367. The van der Waals surface area contributed by atoms with Crippen molar-refractivity contribution in [3.05, 3.63) is 59.8 Å². The lowest BCUT2D eigenvalue weighted by Crippen LogP contribution is -2.50. The molecule has 4 N–H and O–H groups in total. The molecular weight excluding hydrogens is 358 g/mol. The molecule has 1 aromatic carbocycles. The number of pyridine rings is 1. The number of hydrazine groups is 1. The average Bonchev–Trinajstić information content (AvgIpc) is 3.33. The highest BCUT2D eigenvalue weighted by Gasteiger charge is 2.28. The molecule has 0 saturated heterocycles. The lowest BCUT2D eigenvalue weighted by Gasteiger charge is -2.25. The normalized spacial score (nSPS) is 16.4. The van der Waals surface area contributed by atoms with Crippen LogP contribution in [0.5, 0.6) is 0 Å². The van der Waals surface area contributed by atoms with Crippen LogP contribution in [0.4, 0.5) is 0 Å². The van der Waals surface area contributed by atoms with Crippen molar-refractivity contribution < 1.29 is 4.79 Å². The molecule has 1 unspecified atom stereocenters. The summed E-state index contributed by atoms with van der Waals surface area (Å²) in [5.41, 5.74) is 4.62. The number of carbonyl (C=O) groups excluding carboxylic acids is 1. The van der Waals surface area contributed by atoms with E-state index in [2.05, 4.69) is 33.5 Å². The number of amides is 1. The first-order valence-electron chi connectivity index (χ1n) is 8.77. The Hall–Kier alpha value is -2.77. The monoisotopic (exact) mass is 379 g/mol. The van der Waals surface area contributed by atoms with Crippen LogP contribution in [0.1, 0.15) is 19.4 Å². The highest BCUT2D eigenvalue weighted by Crippen LogP contribution is 2.33. The fraction of sp³-hybridized carbons (Fsp3) is 0.200. The number of rotatable bonds is 4. The van der Waals surface area contributed by atoms with Crippen LogP contribution in [0.3, 0.4) is 0 Å². The van der Waals surface area contributed by atoms with E-state index in [1.54, 1.807) is 0 Å². The number of thioether (sulfide) groups is 1. The fourth-order valence-electron chi connectivity index (χ4n) is 3.04. The maximum absolute atomic E-state index is 12.1. The molecule has 7 heteroatoms. The Bertz CT molecular complexity index is 1010. The van der Waals surface area contributed by atoms with Gasteiger partial charge < -0.3 is 10.3 Å². The summed E-state index contributed by atoms with van der Waals surface area (Å²) in [5, 5.41) is 7.62. The van der Waals surface area contributed by atoms with Crippen molar-refractivity contribution in [1.29, 1.82) is 0 Å². The van der Waals surface area contributed by atoms with Crippen LogP contribution in [-0.2, 0) is 4.79 Å². The van der Waals surface area contributed by atoms with Gasteiger partial charge in [0.1, 0.15) is 5.65 Å². The summed E-state index contributed by atoms with van der Waals surface area (Å²) in [6.07, 6.45) is 3.80. The zero-order chi connectivity index (χ0) is 19.0. The zero-order valence-corrected chi connectivity index (χ0v) is 16.0. The van der Waals surface area contributed by atoms with Crippen molar-refractivity contribution in [3.63, 3.8) is 0 Å². The van der Waals surface area contributed by atoms with Crippen LogP contribution in [0, 0.1) is 5.92 Å². The Morgan fingerprint density at radius 1 is 1.26 bits per heavy atom.